The summed E-state index contributed by atoms with van der Waals surface area (Å²) in [4.78, 5) is 7.95. The summed E-state index contributed by atoms with van der Waals surface area (Å²) < 4.78 is 6.04. The van der Waals surface area contributed by atoms with E-state index in [9.17, 15) is 0 Å². The average Bonchev–Trinajstić information content (AvgIpc) is 2.36. The van der Waals surface area contributed by atoms with Gasteiger partial charge in [-0.05, 0) is 28.7 Å². The van der Waals surface area contributed by atoms with Gasteiger partial charge in [0.25, 0.3) is 0 Å². The summed E-state index contributed by atoms with van der Waals surface area (Å²) in [5, 5.41) is 0. The van der Waals surface area contributed by atoms with Crippen molar-refractivity contribution in [2.24, 2.45) is 0 Å². The predicted octanol–water partition coefficient (Wildman–Crippen LogP) is 1.83. The van der Waals surface area contributed by atoms with Crippen molar-refractivity contribution in [2.75, 3.05) is 0 Å². The number of fused-ring (bicyclic) bond motifs is 1. The summed E-state index contributed by atoms with van der Waals surface area (Å²) in [6.07, 6.45) is 3.11. The third-order valence-corrected chi connectivity index (χ3v) is 2.06. The SMILES string of the molecule is Ic1ccnc2ocnc12. The van der Waals surface area contributed by atoms with Gasteiger partial charge >= 0.3 is 0 Å². The second kappa shape index (κ2) is 2.19. The highest BCUT2D eigenvalue weighted by atomic mass is 127. The van der Waals surface area contributed by atoms with Gasteiger partial charge in [0.2, 0.25) is 5.71 Å². The van der Waals surface area contributed by atoms with Gasteiger partial charge < -0.3 is 4.42 Å². The molecule has 0 atom stereocenters. The summed E-state index contributed by atoms with van der Waals surface area (Å²) in [6.45, 7) is 0. The molecule has 3 nitrogen and oxygen atoms in total. The molecule has 2 rings (SSSR count). The minimum Gasteiger partial charge on any atom is -0.425 e. The van der Waals surface area contributed by atoms with Crippen molar-refractivity contribution in [3.8, 4) is 0 Å². The van der Waals surface area contributed by atoms with E-state index in [0.29, 0.717) is 5.71 Å². The van der Waals surface area contributed by atoms with Crippen LogP contribution in [0.25, 0.3) is 11.2 Å². The second-order valence-corrected chi connectivity index (χ2v) is 2.96. The summed E-state index contributed by atoms with van der Waals surface area (Å²) in [6, 6.07) is 1.89. The summed E-state index contributed by atoms with van der Waals surface area (Å²) in [5.74, 6) is 0. The third-order valence-electron chi connectivity index (χ3n) is 1.19. The smallest absolute Gasteiger partial charge is 0.247 e. The largest absolute Gasteiger partial charge is 0.425 e. The number of nitrogens with zero attached hydrogens (tertiary/aromatic N) is 2. The monoisotopic (exact) mass is 246 g/mol. The van der Waals surface area contributed by atoms with E-state index < -0.39 is 0 Å². The molecule has 0 amide bonds. The Morgan fingerprint density at radius 1 is 1.40 bits per heavy atom. The van der Waals surface area contributed by atoms with Gasteiger partial charge in [-0.1, -0.05) is 0 Å². The maximum Gasteiger partial charge on any atom is 0.247 e. The number of oxazole rings is 1. The molecule has 2 heterocycles. The molecule has 0 aliphatic heterocycles. The summed E-state index contributed by atoms with van der Waals surface area (Å²) in [7, 11) is 0. The lowest BCUT2D eigenvalue weighted by molar-refractivity contribution is 0.590. The number of halogens is 1. The molecule has 4 heteroatoms. The molecule has 2 aromatic heterocycles. The maximum atomic E-state index is 4.97. The fourth-order valence-electron chi connectivity index (χ4n) is 0.745. The van der Waals surface area contributed by atoms with E-state index in [1.165, 1.54) is 6.39 Å². The van der Waals surface area contributed by atoms with Gasteiger partial charge in [-0.2, -0.15) is 0 Å². The van der Waals surface area contributed by atoms with Gasteiger partial charge in [-0.15, -0.1) is 0 Å². The Bertz CT molecular complexity index is 357. The molecule has 0 aromatic carbocycles. The molecule has 0 aliphatic carbocycles. The van der Waals surface area contributed by atoms with Crippen LogP contribution in [0, 0.1) is 3.57 Å². The minimum atomic E-state index is 0.604. The Balaban J connectivity index is 2.95. The highest BCUT2D eigenvalue weighted by Gasteiger charge is 2.00. The van der Waals surface area contributed by atoms with Crippen molar-refractivity contribution >= 4 is 33.8 Å². The quantitative estimate of drug-likeness (QED) is 0.665. The second-order valence-electron chi connectivity index (χ2n) is 1.80. The fraction of sp³-hybridized carbons (Fsp3) is 0. The lowest BCUT2D eigenvalue weighted by Crippen LogP contribution is -1.76. The number of hydrogen-bond acceptors (Lipinski definition) is 3. The first kappa shape index (κ1) is 6.09. The normalized spacial score (nSPS) is 10.5. The Morgan fingerprint density at radius 2 is 2.30 bits per heavy atom. The highest BCUT2D eigenvalue weighted by molar-refractivity contribution is 14.1. The van der Waals surface area contributed by atoms with E-state index in [1.54, 1.807) is 6.20 Å². The molecule has 2 aromatic rings. The summed E-state index contributed by atoms with van der Waals surface area (Å²) in [5.41, 5.74) is 1.44. The average molecular weight is 246 g/mol. The molecule has 10 heavy (non-hydrogen) atoms. The van der Waals surface area contributed by atoms with E-state index in [0.717, 1.165) is 9.09 Å². The van der Waals surface area contributed by atoms with Crippen LogP contribution in [0.4, 0.5) is 0 Å². The molecule has 0 saturated carbocycles. The van der Waals surface area contributed by atoms with Gasteiger partial charge in [0.15, 0.2) is 6.39 Å². The Kier molecular flexibility index (Phi) is 1.33. The molecule has 0 radical (unpaired) electrons. The Morgan fingerprint density at radius 3 is 3.10 bits per heavy atom. The van der Waals surface area contributed by atoms with Crippen LogP contribution in [-0.4, -0.2) is 9.97 Å². The lowest BCUT2D eigenvalue weighted by Gasteiger charge is -1.86. The van der Waals surface area contributed by atoms with Crippen molar-refractivity contribution in [3.63, 3.8) is 0 Å². The van der Waals surface area contributed by atoms with Gasteiger partial charge in [0, 0.05) is 9.77 Å². The van der Waals surface area contributed by atoms with Crippen LogP contribution in [0.5, 0.6) is 0 Å². The maximum absolute atomic E-state index is 4.97. The third kappa shape index (κ3) is 0.792. The number of pyridine rings is 1. The number of rotatable bonds is 0. The Labute approximate surface area is 70.6 Å². The molecule has 50 valence electrons. The van der Waals surface area contributed by atoms with Crippen LogP contribution >= 0.6 is 22.6 Å². The Hall–Kier alpha value is -0.650. The zero-order chi connectivity index (χ0) is 6.97. The van der Waals surface area contributed by atoms with Crippen molar-refractivity contribution in [1.29, 1.82) is 0 Å². The van der Waals surface area contributed by atoms with Crippen LogP contribution in [0.2, 0.25) is 0 Å². The van der Waals surface area contributed by atoms with Crippen molar-refractivity contribution in [3.05, 3.63) is 22.2 Å². The van der Waals surface area contributed by atoms with Crippen LogP contribution in [0.1, 0.15) is 0 Å². The van der Waals surface area contributed by atoms with E-state index in [4.69, 9.17) is 4.42 Å². The molecular formula is C6H3IN2O. The minimum absolute atomic E-state index is 0.604. The van der Waals surface area contributed by atoms with E-state index >= 15 is 0 Å². The van der Waals surface area contributed by atoms with Gasteiger partial charge in [-0.25, -0.2) is 9.97 Å². The molecule has 0 aliphatic rings. The number of aromatic nitrogens is 2. The molecule has 0 bridgehead atoms. The zero-order valence-electron chi connectivity index (χ0n) is 4.91. The van der Waals surface area contributed by atoms with Crippen molar-refractivity contribution in [2.45, 2.75) is 0 Å². The topological polar surface area (TPSA) is 38.9 Å². The lowest BCUT2D eigenvalue weighted by atomic mass is 10.4. The van der Waals surface area contributed by atoms with E-state index in [1.807, 2.05) is 6.07 Å². The van der Waals surface area contributed by atoms with Gasteiger partial charge in [-0.3, -0.25) is 0 Å². The molecule has 0 spiro atoms. The van der Waals surface area contributed by atoms with Crippen molar-refractivity contribution < 1.29 is 4.42 Å². The molecular weight excluding hydrogens is 243 g/mol. The number of hydrogen-bond donors (Lipinski definition) is 0. The molecule has 0 N–H and O–H groups in total. The summed E-state index contributed by atoms with van der Waals surface area (Å²) >= 11 is 2.19. The first-order chi connectivity index (χ1) is 4.88. The van der Waals surface area contributed by atoms with Crippen LogP contribution in [-0.2, 0) is 0 Å². The van der Waals surface area contributed by atoms with Gasteiger partial charge in [0.05, 0.1) is 0 Å². The molecule has 0 saturated heterocycles. The first-order valence-electron chi connectivity index (χ1n) is 2.71. The van der Waals surface area contributed by atoms with Gasteiger partial charge in [0.1, 0.15) is 5.52 Å². The van der Waals surface area contributed by atoms with E-state index in [2.05, 4.69) is 32.6 Å². The van der Waals surface area contributed by atoms with Crippen LogP contribution < -0.4 is 0 Å². The van der Waals surface area contributed by atoms with E-state index in [-0.39, 0.29) is 0 Å². The molecule has 0 fully saturated rings. The first-order valence-corrected chi connectivity index (χ1v) is 3.79. The zero-order valence-corrected chi connectivity index (χ0v) is 7.07. The fourth-order valence-corrected chi connectivity index (χ4v) is 1.28. The standard InChI is InChI=1S/C6H3IN2O/c7-4-1-2-8-6-5(4)9-3-10-6/h1-3H. The highest BCUT2D eigenvalue weighted by Crippen LogP contribution is 2.15. The van der Waals surface area contributed by atoms with Crippen LogP contribution in [0.3, 0.4) is 0 Å². The van der Waals surface area contributed by atoms with Crippen molar-refractivity contribution in [1.82, 2.24) is 9.97 Å². The molecule has 0 unspecified atom stereocenters. The predicted molar refractivity (Wildman–Crippen MR) is 44.5 cm³/mol. The van der Waals surface area contributed by atoms with Crippen LogP contribution in [0.15, 0.2) is 23.1 Å².